The molecule has 0 spiro atoms. The van der Waals surface area contributed by atoms with E-state index < -0.39 is 5.41 Å². The second-order valence-corrected chi connectivity index (χ2v) is 10.0. The van der Waals surface area contributed by atoms with Gasteiger partial charge in [-0.05, 0) is 56.4 Å². The lowest BCUT2D eigenvalue weighted by molar-refractivity contribution is -0.157. The second kappa shape index (κ2) is 11.8. The summed E-state index contributed by atoms with van der Waals surface area (Å²) in [4.78, 5) is 40.5. The van der Waals surface area contributed by atoms with Crippen LogP contribution in [0.4, 0.5) is 15.9 Å². The van der Waals surface area contributed by atoms with Crippen LogP contribution in [-0.2, 0) is 20.9 Å². The van der Waals surface area contributed by atoms with Gasteiger partial charge < -0.3 is 19.7 Å². The SMILES string of the molecule is CCNC(=O)Nc1nc2cc(-c3cnc(N4CCC(CC)(C(=O)OCC)CC4)nc3)cc(COC)c2s1. The first-order valence-corrected chi connectivity index (χ1v) is 13.5. The molecule has 1 aromatic carbocycles. The number of fused-ring (bicyclic) bond motifs is 1. The Balaban J connectivity index is 1.53. The van der Waals surface area contributed by atoms with Crippen molar-refractivity contribution in [2.45, 2.75) is 46.6 Å². The molecule has 198 valence electrons. The number of ether oxygens (including phenoxy) is 2. The zero-order valence-corrected chi connectivity index (χ0v) is 22.6. The molecule has 0 atom stereocenters. The van der Waals surface area contributed by atoms with Gasteiger partial charge in [0.2, 0.25) is 5.95 Å². The van der Waals surface area contributed by atoms with E-state index >= 15 is 0 Å². The average molecular weight is 527 g/mol. The number of hydrogen-bond acceptors (Lipinski definition) is 9. The summed E-state index contributed by atoms with van der Waals surface area (Å²) in [6.45, 7) is 8.52. The van der Waals surface area contributed by atoms with Crippen molar-refractivity contribution >= 4 is 44.6 Å². The molecule has 0 bridgehead atoms. The van der Waals surface area contributed by atoms with E-state index in [1.165, 1.54) is 11.3 Å². The largest absolute Gasteiger partial charge is 0.466 e. The van der Waals surface area contributed by atoms with Gasteiger partial charge in [-0.3, -0.25) is 10.1 Å². The Labute approximate surface area is 220 Å². The molecule has 0 radical (unpaired) electrons. The number of rotatable bonds is 9. The minimum atomic E-state index is -0.419. The lowest BCUT2D eigenvalue weighted by Crippen LogP contribution is -2.45. The van der Waals surface area contributed by atoms with Gasteiger partial charge in [0.05, 0.1) is 28.8 Å². The number of urea groups is 1. The highest BCUT2D eigenvalue weighted by Crippen LogP contribution is 2.38. The van der Waals surface area contributed by atoms with Crippen molar-refractivity contribution in [1.82, 2.24) is 20.3 Å². The Bertz CT molecular complexity index is 1240. The van der Waals surface area contributed by atoms with Gasteiger partial charge in [-0.1, -0.05) is 18.3 Å². The van der Waals surface area contributed by atoms with E-state index in [0.717, 1.165) is 46.2 Å². The quantitative estimate of drug-likeness (QED) is 0.388. The van der Waals surface area contributed by atoms with E-state index in [-0.39, 0.29) is 12.0 Å². The summed E-state index contributed by atoms with van der Waals surface area (Å²) >= 11 is 1.42. The highest BCUT2D eigenvalue weighted by atomic mass is 32.1. The molecule has 37 heavy (non-hydrogen) atoms. The van der Waals surface area contributed by atoms with Crippen LogP contribution in [0, 0.1) is 5.41 Å². The van der Waals surface area contributed by atoms with E-state index in [0.29, 0.717) is 43.9 Å². The molecular weight excluding hydrogens is 492 g/mol. The number of aromatic nitrogens is 3. The smallest absolute Gasteiger partial charge is 0.321 e. The predicted octanol–water partition coefficient (Wildman–Crippen LogP) is 4.60. The molecule has 0 unspecified atom stereocenters. The minimum absolute atomic E-state index is 0.0953. The van der Waals surface area contributed by atoms with Crippen molar-refractivity contribution in [3.8, 4) is 11.1 Å². The summed E-state index contributed by atoms with van der Waals surface area (Å²) in [5, 5.41) is 6.03. The fraction of sp³-hybridized carbons (Fsp3) is 0.500. The third-order valence-corrected chi connectivity index (χ3v) is 7.85. The number of esters is 1. The van der Waals surface area contributed by atoms with Crippen LogP contribution in [0.15, 0.2) is 24.5 Å². The fourth-order valence-electron chi connectivity index (χ4n) is 4.64. The van der Waals surface area contributed by atoms with E-state index in [9.17, 15) is 9.59 Å². The number of piperidine rings is 1. The van der Waals surface area contributed by atoms with Gasteiger partial charge in [0.25, 0.3) is 0 Å². The topological polar surface area (TPSA) is 119 Å². The van der Waals surface area contributed by atoms with Crippen LogP contribution >= 0.6 is 11.3 Å². The third-order valence-electron chi connectivity index (χ3n) is 6.78. The maximum atomic E-state index is 12.5. The molecule has 2 N–H and O–H groups in total. The molecule has 3 aromatic rings. The number of nitrogens with zero attached hydrogens (tertiary/aromatic N) is 4. The zero-order chi connectivity index (χ0) is 26.4. The molecule has 0 aliphatic carbocycles. The van der Waals surface area contributed by atoms with Crippen LogP contribution in [-0.4, -0.2) is 60.3 Å². The molecule has 2 aromatic heterocycles. The van der Waals surface area contributed by atoms with Crippen LogP contribution < -0.4 is 15.5 Å². The van der Waals surface area contributed by atoms with E-state index in [4.69, 9.17) is 9.47 Å². The predicted molar refractivity (Wildman–Crippen MR) is 145 cm³/mol. The summed E-state index contributed by atoms with van der Waals surface area (Å²) in [5.74, 6) is 0.555. The molecule has 0 saturated carbocycles. The average Bonchev–Trinajstić information content (AvgIpc) is 3.31. The van der Waals surface area contributed by atoms with E-state index in [1.54, 1.807) is 7.11 Å². The van der Waals surface area contributed by atoms with Crippen molar-refractivity contribution in [1.29, 1.82) is 0 Å². The normalized spacial score (nSPS) is 15.0. The van der Waals surface area contributed by atoms with Crippen molar-refractivity contribution in [3.05, 3.63) is 30.1 Å². The highest BCUT2D eigenvalue weighted by Gasteiger charge is 2.41. The Morgan fingerprint density at radius 1 is 1.11 bits per heavy atom. The van der Waals surface area contributed by atoms with Crippen molar-refractivity contribution in [2.24, 2.45) is 5.41 Å². The Kier molecular flexibility index (Phi) is 8.55. The standard InChI is InChI=1S/C26H34N6O4S/c1-5-26(22(33)36-7-3)8-10-32(11-9-26)23-28-14-19(15-29-23)17-12-18(16-35-4)21-20(13-17)30-25(37-21)31-24(34)27-6-2/h12-15H,5-11,16H2,1-4H3,(H2,27,30,31,34). The number of anilines is 2. The van der Waals surface area contributed by atoms with Gasteiger partial charge in [-0.25, -0.2) is 19.7 Å². The lowest BCUT2D eigenvalue weighted by Gasteiger charge is -2.39. The maximum Gasteiger partial charge on any atom is 0.321 e. The molecule has 10 nitrogen and oxygen atoms in total. The Hall–Kier alpha value is -3.31. The van der Waals surface area contributed by atoms with Gasteiger partial charge in [-0.15, -0.1) is 0 Å². The number of carbonyl (C=O) groups is 2. The Morgan fingerprint density at radius 2 is 1.84 bits per heavy atom. The number of methoxy groups -OCH3 is 1. The first-order chi connectivity index (χ1) is 17.9. The van der Waals surface area contributed by atoms with E-state index in [2.05, 4.69) is 30.5 Å². The number of thiazole rings is 1. The van der Waals surface area contributed by atoms with Crippen LogP contribution in [0.25, 0.3) is 21.3 Å². The first kappa shape index (κ1) is 26.7. The summed E-state index contributed by atoms with van der Waals surface area (Å²) in [6.07, 6.45) is 5.84. The van der Waals surface area contributed by atoms with Gasteiger partial charge in [0.15, 0.2) is 5.13 Å². The van der Waals surface area contributed by atoms with Crippen molar-refractivity contribution in [3.63, 3.8) is 0 Å². The summed E-state index contributed by atoms with van der Waals surface area (Å²) in [7, 11) is 1.65. The second-order valence-electron chi connectivity index (χ2n) is 9.03. The summed E-state index contributed by atoms with van der Waals surface area (Å²) in [5.41, 5.74) is 3.12. The molecule has 11 heteroatoms. The number of benzene rings is 1. The van der Waals surface area contributed by atoms with Crippen LogP contribution in [0.2, 0.25) is 0 Å². The molecule has 4 rings (SSSR count). The number of hydrogen-bond donors (Lipinski definition) is 2. The van der Waals surface area contributed by atoms with Gasteiger partial charge in [0.1, 0.15) is 0 Å². The molecule has 1 fully saturated rings. The monoisotopic (exact) mass is 526 g/mol. The highest BCUT2D eigenvalue weighted by molar-refractivity contribution is 7.22. The summed E-state index contributed by atoms with van der Waals surface area (Å²) in [6, 6.07) is 3.74. The zero-order valence-electron chi connectivity index (χ0n) is 21.8. The third kappa shape index (κ3) is 5.83. The minimum Gasteiger partial charge on any atom is -0.466 e. The van der Waals surface area contributed by atoms with Crippen LogP contribution in [0.3, 0.4) is 0 Å². The van der Waals surface area contributed by atoms with Gasteiger partial charge >= 0.3 is 12.0 Å². The molecule has 1 saturated heterocycles. The van der Waals surface area contributed by atoms with Crippen LogP contribution in [0.1, 0.15) is 45.6 Å². The number of nitrogens with one attached hydrogen (secondary N) is 2. The molecule has 1 aliphatic heterocycles. The van der Waals surface area contributed by atoms with Crippen molar-refractivity contribution < 1.29 is 19.1 Å². The number of carbonyl (C=O) groups excluding carboxylic acids is 2. The number of amides is 2. The molecule has 1 aliphatic rings. The Morgan fingerprint density at radius 3 is 2.46 bits per heavy atom. The van der Waals surface area contributed by atoms with Gasteiger partial charge in [0, 0.05) is 44.7 Å². The molecule has 3 heterocycles. The van der Waals surface area contributed by atoms with Crippen LogP contribution in [0.5, 0.6) is 0 Å². The fourth-order valence-corrected chi connectivity index (χ4v) is 5.58. The van der Waals surface area contributed by atoms with E-state index in [1.807, 2.05) is 45.3 Å². The first-order valence-electron chi connectivity index (χ1n) is 12.6. The molecule has 2 amide bonds. The van der Waals surface area contributed by atoms with Gasteiger partial charge in [-0.2, -0.15) is 0 Å². The van der Waals surface area contributed by atoms with Crippen molar-refractivity contribution in [2.75, 3.05) is 43.6 Å². The molecular formula is C26H34N6O4S. The summed E-state index contributed by atoms with van der Waals surface area (Å²) < 4.78 is 11.7. The lowest BCUT2D eigenvalue weighted by atomic mass is 9.76. The maximum absolute atomic E-state index is 12.5.